The Morgan fingerprint density at radius 3 is 2.69 bits per heavy atom. The highest BCUT2D eigenvalue weighted by atomic mass is 19.1. The second kappa shape index (κ2) is 5.34. The van der Waals surface area contributed by atoms with Gasteiger partial charge in [-0.25, -0.2) is 9.18 Å². The fourth-order valence-electron chi connectivity index (χ4n) is 1.53. The Morgan fingerprint density at radius 1 is 1.56 bits per heavy atom. The third-order valence-electron chi connectivity index (χ3n) is 2.35. The molecule has 3 N–H and O–H groups in total. The van der Waals surface area contributed by atoms with E-state index in [0.29, 0.717) is 17.9 Å². The van der Waals surface area contributed by atoms with E-state index < -0.39 is 12.6 Å². The minimum absolute atomic E-state index is 0.137. The standard InChI is InChI=1S/C11H15FN2O2/c1-2-14(6-5-12)10-4-3-8(11(15)16)7-9(10)13/h3-4,7H,2,5-6,13H2,1H3,(H,15,16). The predicted molar refractivity (Wildman–Crippen MR) is 61.7 cm³/mol. The first-order valence-electron chi connectivity index (χ1n) is 5.03. The van der Waals surface area contributed by atoms with Crippen LogP contribution in [0.5, 0.6) is 0 Å². The number of hydrogen-bond donors (Lipinski definition) is 2. The van der Waals surface area contributed by atoms with Crippen LogP contribution in [0.1, 0.15) is 17.3 Å². The Hall–Kier alpha value is -1.78. The van der Waals surface area contributed by atoms with Crippen molar-refractivity contribution >= 4 is 17.3 Å². The first-order valence-corrected chi connectivity index (χ1v) is 5.03. The Morgan fingerprint density at radius 2 is 2.25 bits per heavy atom. The van der Waals surface area contributed by atoms with Crippen molar-refractivity contribution in [3.05, 3.63) is 23.8 Å². The molecule has 0 aliphatic heterocycles. The van der Waals surface area contributed by atoms with Crippen LogP contribution in [0.4, 0.5) is 15.8 Å². The maximum Gasteiger partial charge on any atom is 0.335 e. The molecule has 0 aliphatic carbocycles. The lowest BCUT2D eigenvalue weighted by Crippen LogP contribution is -2.26. The number of nitrogens with zero attached hydrogens (tertiary/aromatic N) is 1. The van der Waals surface area contributed by atoms with Crippen LogP contribution in [0.25, 0.3) is 0 Å². The van der Waals surface area contributed by atoms with Gasteiger partial charge in [0.2, 0.25) is 0 Å². The molecular weight excluding hydrogens is 211 g/mol. The molecule has 0 fully saturated rings. The van der Waals surface area contributed by atoms with Gasteiger partial charge in [0.15, 0.2) is 0 Å². The molecule has 88 valence electrons. The highest BCUT2D eigenvalue weighted by Crippen LogP contribution is 2.24. The highest BCUT2D eigenvalue weighted by Gasteiger charge is 2.10. The molecule has 0 spiro atoms. The van der Waals surface area contributed by atoms with E-state index in [1.54, 1.807) is 11.0 Å². The highest BCUT2D eigenvalue weighted by molar-refractivity contribution is 5.90. The van der Waals surface area contributed by atoms with Gasteiger partial charge in [-0.3, -0.25) is 0 Å². The van der Waals surface area contributed by atoms with Crippen molar-refractivity contribution in [1.82, 2.24) is 0 Å². The second-order valence-electron chi connectivity index (χ2n) is 3.35. The molecule has 5 heteroatoms. The smallest absolute Gasteiger partial charge is 0.335 e. The Bertz CT molecular complexity index is 382. The first kappa shape index (κ1) is 12.3. The largest absolute Gasteiger partial charge is 0.478 e. The number of nitrogen functional groups attached to an aromatic ring is 1. The number of nitrogens with two attached hydrogens (primary N) is 1. The number of rotatable bonds is 5. The molecule has 0 unspecified atom stereocenters. The average Bonchev–Trinajstić information content (AvgIpc) is 2.26. The summed E-state index contributed by atoms with van der Waals surface area (Å²) in [6, 6.07) is 4.46. The van der Waals surface area contributed by atoms with E-state index in [1.807, 2.05) is 6.92 Å². The van der Waals surface area contributed by atoms with Crippen LogP contribution >= 0.6 is 0 Å². The van der Waals surface area contributed by atoms with Crippen molar-refractivity contribution in [3.8, 4) is 0 Å². The van der Waals surface area contributed by atoms with E-state index in [0.717, 1.165) is 0 Å². The number of hydrogen-bond acceptors (Lipinski definition) is 3. The quantitative estimate of drug-likeness (QED) is 0.751. The lowest BCUT2D eigenvalue weighted by molar-refractivity contribution is 0.0697. The Kier molecular flexibility index (Phi) is 4.10. The number of carbonyl (C=O) groups is 1. The summed E-state index contributed by atoms with van der Waals surface area (Å²) in [4.78, 5) is 12.5. The summed E-state index contributed by atoms with van der Waals surface area (Å²) in [5, 5.41) is 8.77. The lowest BCUT2D eigenvalue weighted by Gasteiger charge is -2.23. The van der Waals surface area contributed by atoms with E-state index in [-0.39, 0.29) is 12.1 Å². The lowest BCUT2D eigenvalue weighted by atomic mass is 10.1. The molecule has 4 nitrogen and oxygen atoms in total. The van der Waals surface area contributed by atoms with Crippen LogP contribution in [0.15, 0.2) is 18.2 Å². The number of carboxylic acid groups (broad SMARTS) is 1. The zero-order valence-corrected chi connectivity index (χ0v) is 9.11. The van der Waals surface area contributed by atoms with Gasteiger partial charge in [-0.2, -0.15) is 0 Å². The molecular formula is C11H15FN2O2. The predicted octanol–water partition coefficient (Wildman–Crippen LogP) is 1.76. The molecule has 0 aromatic heterocycles. The van der Waals surface area contributed by atoms with Gasteiger partial charge in [0, 0.05) is 13.1 Å². The van der Waals surface area contributed by atoms with Crippen molar-refractivity contribution in [2.24, 2.45) is 0 Å². The molecule has 1 rings (SSSR count). The maximum absolute atomic E-state index is 12.3. The van der Waals surface area contributed by atoms with E-state index in [2.05, 4.69) is 0 Å². The molecule has 0 heterocycles. The molecule has 0 bridgehead atoms. The molecule has 0 aliphatic rings. The number of carboxylic acids is 1. The molecule has 0 radical (unpaired) electrons. The van der Waals surface area contributed by atoms with Gasteiger partial charge in [0.1, 0.15) is 6.67 Å². The Labute approximate surface area is 93.5 Å². The number of alkyl halides is 1. The van der Waals surface area contributed by atoms with Gasteiger partial charge in [0.25, 0.3) is 0 Å². The minimum atomic E-state index is -1.02. The summed E-state index contributed by atoms with van der Waals surface area (Å²) in [6.45, 7) is 2.31. The van der Waals surface area contributed by atoms with Gasteiger partial charge < -0.3 is 15.7 Å². The van der Waals surface area contributed by atoms with Crippen LogP contribution in [0.2, 0.25) is 0 Å². The monoisotopic (exact) mass is 226 g/mol. The SMILES string of the molecule is CCN(CCF)c1ccc(C(=O)O)cc1N. The van der Waals surface area contributed by atoms with Crippen molar-refractivity contribution in [2.75, 3.05) is 30.4 Å². The molecule has 1 aromatic carbocycles. The Balaban J connectivity index is 3.01. The number of benzene rings is 1. The van der Waals surface area contributed by atoms with Gasteiger partial charge in [-0.1, -0.05) is 0 Å². The summed E-state index contributed by atoms with van der Waals surface area (Å²) >= 11 is 0. The topological polar surface area (TPSA) is 66.6 Å². The first-order chi connectivity index (χ1) is 7.60. The van der Waals surface area contributed by atoms with Crippen molar-refractivity contribution in [3.63, 3.8) is 0 Å². The van der Waals surface area contributed by atoms with Gasteiger partial charge >= 0.3 is 5.97 Å². The molecule has 0 amide bonds. The van der Waals surface area contributed by atoms with Gasteiger partial charge in [-0.15, -0.1) is 0 Å². The molecule has 1 aromatic rings. The second-order valence-corrected chi connectivity index (χ2v) is 3.35. The minimum Gasteiger partial charge on any atom is -0.478 e. The zero-order valence-electron chi connectivity index (χ0n) is 9.11. The van der Waals surface area contributed by atoms with Crippen LogP contribution in [0, 0.1) is 0 Å². The maximum atomic E-state index is 12.3. The summed E-state index contributed by atoms with van der Waals surface area (Å²) in [5.41, 5.74) is 6.90. The normalized spacial score (nSPS) is 10.1. The third-order valence-corrected chi connectivity index (χ3v) is 2.35. The zero-order chi connectivity index (χ0) is 12.1. The van der Waals surface area contributed by atoms with Crippen molar-refractivity contribution in [1.29, 1.82) is 0 Å². The van der Waals surface area contributed by atoms with E-state index in [4.69, 9.17) is 10.8 Å². The fraction of sp³-hybridized carbons (Fsp3) is 0.364. The van der Waals surface area contributed by atoms with Crippen LogP contribution < -0.4 is 10.6 Å². The van der Waals surface area contributed by atoms with Gasteiger partial charge in [-0.05, 0) is 25.1 Å². The van der Waals surface area contributed by atoms with E-state index in [9.17, 15) is 9.18 Å². The number of aromatic carboxylic acids is 1. The van der Waals surface area contributed by atoms with Crippen molar-refractivity contribution < 1.29 is 14.3 Å². The third kappa shape index (κ3) is 2.62. The fourth-order valence-corrected chi connectivity index (χ4v) is 1.53. The summed E-state index contributed by atoms with van der Waals surface area (Å²) in [5.74, 6) is -1.02. The summed E-state index contributed by atoms with van der Waals surface area (Å²) in [6.07, 6.45) is 0. The molecule has 0 saturated carbocycles. The van der Waals surface area contributed by atoms with Gasteiger partial charge in [0.05, 0.1) is 16.9 Å². The number of halogens is 1. The molecule has 0 atom stereocenters. The van der Waals surface area contributed by atoms with Crippen LogP contribution in [0.3, 0.4) is 0 Å². The van der Waals surface area contributed by atoms with Crippen LogP contribution in [-0.2, 0) is 0 Å². The molecule has 16 heavy (non-hydrogen) atoms. The summed E-state index contributed by atoms with van der Waals surface area (Å²) in [7, 11) is 0. The number of anilines is 2. The van der Waals surface area contributed by atoms with E-state index in [1.165, 1.54) is 12.1 Å². The summed E-state index contributed by atoms with van der Waals surface area (Å²) < 4.78 is 12.3. The average molecular weight is 226 g/mol. The molecule has 0 saturated heterocycles. The van der Waals surface area contributed by atoms with Crippen molar-refractivity contribution in [2.45, 2.75) is 6.92 Å². The van der Waals surface area contributed by atoms with Crippen LogP contribution in [-0.4, -0.2) is 30.8 Å². The van der Waals surface area contributed by atoms with E-state index >= 15 is 0 Å².